The number of hydrogen-bond acceptors (Lipinski definition) is 3. The number of hydrogen-bond donors (Lipinski definition) is 1. The predicted molar refractivity (Wildman–Crippen MR) is 79.7 cm³/mol. The summed E-state index contributed by atoms with van der Waals surface area (Å²) in [4.78, 5) is 10.5. The lowest BCUT2D eigenvalue weighted by Crippen LogP contribution is -2.27. The fourth-order valence-corrected chi connectivity index (χ4v) is 5.16. The van der Waals surface area contributed by atoms with E-state index >= 15 is 0 Å². The van der Waals surface area contributed by atoms with Crippen LogP contribution >= 0.6 is 15.9 Å². The summed E-state index contributed by atoms with van der Waals surface area (Å²) in [5.74, 6) is -2.19. The van der Waals surface area contributed by atoms with Gasteiger partial charge in [0.2, 0.25) is 0 Å². The maximum Gasteiger partial charge on any atom is 0.338 e. The molecule has 1 aromatic carbocycles. The number of benzene rings is 1. The SMILES string of the molecule is CC1CCC(S(=O)(=O)c2cc(Br)cc(C(=O)O)c2F)CC1. The molecule has 0 aliphatic heterocycles. The van der Waals surface area contributed by atoms with Crippen molar-refractivity contribution in [2.75, 3.05) is 0 Å². The molecule has 1 aliphatic carbocycles. The van der Waals surface area contributed by atoms with Crippen molar-refractivity contribution in [1.29, 1.82) is 0 Å². The molecule has 0 spiro atoms. The highest BCUT2D eigenvalue weighted by molar-refractivity contribution is 9.10. The molecule has 1 aliphatic rings. The van der Waals surface area contributed by atoms with Gasteiger partial charge in [-0.2, -0.15) is 0 Å². The van der Waals surface area contributed by atoms with Gasteiger partial charge in [0.25, 0.3) is 0 Å². The van der Waals surface area contributed by atoms with Gasteiger partial charge in [-0.15, -0.1) is 0 Å². The highest BCUT2D eigenvalue weighted by atomic mass is 79.9. The number of carboxylic acids is 1. The first-order valence-corrected chi connectivity index (χ1v) is 9.03. The van der Waals surface area contributed by atoms with Crippen LogP contribution in [0.4, 0.5) is 4.39 Å². The van der Waals surface area contributed by atoms with Crippen molar-refractivity contribution in [2.45, 2.75) is 42.8 Å². The van der Waals surface area contributed by atoms with E-state index in [0.717, 1.165) is 25.0 Å². The molecule has 1 fully saturated rings. The average Bonchev–Trinajstić information content (AvgIpc) is 2.41. The van der Waals surface area contributed by atoms with Crippen molar-refractivity contribution in [2.24, 2.45) is 5.92 Å². The van der Waals surface area contributed by atoms with E-state index in [0.29, 0.717) is 18.8 Å². The Hall–Kier alpha value is -0.950. The largest absolute Gasteiger partial charge is 0.478 e. The lowest BCUT2D eigenvalue weighted by atomic mass is 9.91. The lowest BCUT2D eigenvalue weighted by Gasteiger charge is -2.26. The highest BCUT2D eigenvalue weighted by Gasteiger charge is 2.34. The van der Waals surface area contributed by atoms with Crippen molar-refractivity contribution in [3.05, 3.63) is 28.0 Å². The van der Waals surface area contributed by atoms with E-state index in [-0.39, 0.29) is 4.47 Å². The molecule has 0 radical (unpaired) electrons. The number of carbonyl (C=O) groups is 1. The summed E-state index contributed by atoms with van der Waals surface area (Å²) in [7, 11) is -3.86. The van der Waals surface area contributed by atoms with Gasteiger partial charge in [-0.25, -0.2) is 17.6 Å². The van der Waals surface area contributed by atoms with Gasteiger partial charge in [0.1, 0.15) is 4.90 Å². The smallest absolute Gasteiger partial charge is 0.338 e. The van der Waals surface area contributed by atoms with E-state index in [1.807, 2.05) is 0 Å². The molecule has 1 saturated carbocycles. The molecule has 116 valence electrons. The summed E-state index contributed by atoms with van der Waals surface area (Å²) in [6.45, 7) is 2.06. The molecule has 1 aromatic rings. The molecule has 0 amide bonds. The average molecular weight is 379 g/mol. The Labute approximate surface area is 131 Å². The molecule has 0 saturated heterocycles. The first-order valence-electron chi connectivity index (χ1n) is 6.69. The summed E-state index contributed by atoms with van der Waals surface area (Å²) in [5.41, 5.74) is -0.632. The molecule has 21 heavy (non-hydrogen) atoms. The van der Waals surface area contributed by atoms with E-state index in [2.05, 4.69) is 22.9 Å². The molecule has 0 bridgehead atoms. The molecule has 0 heterocycles. The van der Waals surface area contributed by atoms with E-state index in [1.165, 1.54) is 0 Å². The second-order valence-electron chi connectivity index (χ2n) is 5.50. The number of rotatable bonds is 3. The maximum atomic E-state index is 14.2. The van der Waals surface area contributed by atoms with Crippen LogP contribution in [-0.4, -0.2) is 24.7 Å². The zero-order valence-electron chi connectivity index (χ0n) is 11.5. The number of sulfone groups is 1. The Morgan fingerprint density at radius 1 is 1.29 bits per heavy atom. The van der Waals surface area contributed by atoms with Crippen LogP contribution in [0.15, 0.2) is 21.5 Å². The van der Waals surface area contributed by atoms with E-state index in [9.17, 15) is 17.6 Å². The minimum atomic E-state index is -3.86. The van der Waals surface area contributed by atoms with Gasteiger partial charge in [-0.05, 0) is 43.7 Å². The number of carboxylic acid groups (broad SMARTS) is 1. The molecule has 4 nitrogen and oxygen atoms in total. The molecular weight excluding hydrogens is 363 g/mol. The molecule has 1 N–H and O–H groups in total. The summed E-state index contributed by atoms with van der Waals surface area (Å²) >= 11 is 3.05. The first kappa shape index (κ1) is 16.4. The predicted octanol–water partition coefficient (Wildman–Crippen LogP) is 3.64. The molecule has 7 heteroatoms. The fraction of sp³-hybridized carbons (Fsp3) is 0.500. The van der Waals surface area contributed by atoms with Crippen LogP contribution in [0, 0.1) is 11.7 Å². The van der Waals surface area contributed by atoms with Crippen molar-refractivity contribution in [3.8, 4) is 0 Å². The van der Waals surface area contributed by atoms with Crippen molar-refractivity contribution < 1.29 is 22.7 Å². The van der Waals surface area contributed by atoms with Crippen LogP contribution in [-0.2, 0) is 9.84 Å². The quantitative estimate of drug-likeness (QED) is 0.871. The second-order valence-corrected chi connectivity index (χ2v) is 8.61. The zero-order valence-corrected chi connectivity index (χ0v) is 13.9. The Morgan fingerprint density at radius 3 is 2.38 bits per heavy atom. The van der Waals surface area contributed by atoms with Gasteiger partial charge in [-0.3, -0.25) is 0 Å². The molecule has 0 aromatic heterocycles. The Morgan fingerprint density at radius 2 is 1.86 bits per heavy atom. The molecular formula is C14H16BrFO4S. The van der Waals surface area contributed by atoms with Crippen LogP contribution in [0.2, 0.25) is 0 Å². The van der Waals surface area contributed by atoms with Gasteiger partial charge < -0.3 is 5.11 Å². The topological polar surface area (TPSA) is 71.4 Å². The first-order chi connectivity index (χ1) is 9.73. The summed E-state index contributed by atoms with van der Waals surface area (Å²) in [5, 5.41) is 8.33. The monoisotopic (exact) mass is 378 g/mol. The van der Waals surface area contributed by atoms with Crippen LogP contribution in [0.25, 0.3) is 0 Å². The molecule has 0 unspecified atom stereocenters. The normalized spacial score (nSPS) is 23.0. The van der Waals surface area contributed by atoms with Crippen LogP contribution < -0.4 is 0 Å². The minimum Gasteiger partial charge on any atom is -0.478 e. The summed E-state index contributed by atoms with van der Waals surface area (Å²) in [6.07, 6.45) is 2.53. The lowest BCUT2D eigenvalue weighted by molar-refractivity contribution is 0.0691. The van der Waals surface area contributed by atoms with Gasteiger partial charge in [0.15, 0.2) is 15.7 Å². The van der Waals surface area contributed by atoms with Crippen molar-refractivity contribution in [3.63, 3.8) is 0 Å². The highest BCUT2D eigenvalue weighted by Crippen LogP contribution is 2.34. The zero-order chi connectivity index (χ0) is 15.8. The molecule has 2 rings (SSSR count). The van der Waals surface area contributed by atoms with E-state index in [4.69, 9.17) is 5.11 Å². The maximum absolute atomic E-state index is 14.2. The van der Waals surface area contributed by atoms with Gasteiger partial charge >= 0.3 is 5.97 Å². The van der Waals surface area contributed by atoms with Gasteiger partial charge in [0.05, 0.1) is 10.8 Å². The fourth-order valence-electron chi connectivity index (χ4n) is 2.65. The number of aromatic carboxylic acids is 1. The second kappa shape index (κ2) is 6.04. The Kier molecular flexibility index (Phi) is 4.72. The van der Waals surface area contributed by atoms with Crippen molar-refractivity contribution >= 4 is 31.7 Å². The van der Waals surface area contributed by atoms with Crippen molar-refractivity contribution in [1.82, 2.24) is 0 Å². The van der Waals surface area contributed by atoms with Crippen LogP contribution in [0.5, 0.6) is 0 Å². The number of halogens is 2. The Bertz CT molecular complexity index is 664. The third kappa shape index (κ3) is 3.29. The van der Waals surface area contributed by atoms with E-state index in [1.54, 1.807) is 0 Å². The Balaban J connectivity index is 2.47. The molecule has 0 atom stereocenters. The van der Waals surface area contributed by atoms with Crippen LogP contribution in [0.3, 0.4) is 0 Å². The van der Waals surface area contributed by atoms with E-state index < -0.39 is 37.3 Å². The third-order valence-corrected chi connectivity index (χ3v) is 6.66. The van der Waals surface area contributed by atoms with Crippen LogP contribution in [0.1, 0.15) is 43.0 Å². The minimum absolute atomic E-state index is 0.240. The summed E-state index contributed by atoms with van der Waals surface area (Å²) < 4.78 is 39.7. The standard InChI is InChI=1S/C14H16BrFO4S/c1-8-2-4-10(5-3-8)21(19,20)12-7-9(15)6-11(13(12)16)14(17)18/h6-8,10H,2-5H2,1H3,(H,17,18). The van der Waals surface area contributed by atoms with Gasteiger partial charge in [-0.1, -0.05) is 22.9 Å². The summed E-state index contributed by atoms with van der Waals surface area (Å²) in [6, 6.07) is 2.22. The third-order valence-electron chi connectivity index (χ3n) is 3.94. The van der Waals surface area contributed by atoms with Gasteiger partial charge in [0, 0.05) is 4.47 Å².